The molecule has 1 N–H and O–H groups in total. The van der Waals surface area contributed by atoms with Gasteiger partial charge in [-0.3, -0.25) is 4.79 Å². The molecular formula is C21H20N4O2. The van der Waals surface area contributed by atoms with E-state index in [-0.39, 0.29) is 5.91 Å². The van der Waals surface area contributed by atoms with Crippen LogP contribution in [0, 0.1) is 0 Å². The van der Waals surface area contributed by atoms with Crippen molar-refractivity contribution in [1.29, 1.82) is 0 Å². The Kier molecular flexibility index (Phi) is 4.46. The molecule has 1 aliphatic heterocycles. The zero-order chi connectivity index (χ0) is 18.8. The molecule has 2 aromatic carbocycles. The van der Waals surface area contributed by atoms with E-state index in [4.69, 9.17) is 4.74 Å². The molecule has 4 rings (SSSR count). The minimum atomic E-state index is -0.283. The Morgan fingerprint density at radius 1 is 1.07 bits per heavy atom. The first-order valence-electron chi connectivity index (χ1n) is 8.82. The highest BCUT2D eigenvalue weighted by molar-refractivity contribution is 6.05. The lowest BCUT2D eigenvalue weighted by Gasteiger charge is -2.23. The van der Waals surface area contributed by atoms with Gasteiger partial charge in [0.1, 0.15) is 5.75 Å². The smallest absolute Gasteiger partial charge is 0.260 e. The van der Waals surface area contributed by atoms with E-state index in [0.717, 1.165) is 17.9 Å². The summed E-state index contributed by atoms with van der Waals surface area (Å²) >= 11 is 0. The lowest BCUT2D eigenvalue weighted by molar-refractivity contribution is 0.102. The van der Waals surface area contributed by atoms with E-state index in [2.05, 4.69) is 45.5 Å². The predicted octanol–water partition coefficient (Wildman–Crippen LogP) is 3.82. The van der Waals surface area contributed by atoms with Gasteiger partial charge in [0.2, 0.25) is 0 Å². The third kappa shape index (κ3) is 3.21. The van der Waals surface area contributed by atoms with E-state index in [1.165, 1.54) is 12.7 Å². The molecule has 0 saturated heterocycles. The highest BCUT2D eigenvalue weighted by Gasteiger charge is 2.27. The number of carbonyl (C=O) groups is 1. The molecule has 2 heterocycles. The average molecular weight is 360 g/mol. The second-order valence-electron chi connectivity index (χ2n) is 6.48. The van der Waals surface area contributed by atoms with Crippen molar-refractivity contribution in [3.05, 3.63) is 71.8 Å². The number of rotatable bonds is 4. The van der Waals surface area contributed by atoms with Gasteiger partial charge in [0, 0.05) is 11.7 Å². The number of ether oxygens (including phenoxy) is 1. The number of anilines is 3. The minimum absolute atomic E-state index is 0.283. The molecule has 6 heteroatoms. The van der Waals surface area contributed by atoms with Crippen LogP contribution in [0.4, 0.5) is 17.3 Å². The summed E-state index contributed by atoms with van der Waals surface area (Å²) in [5, 5.41) is 11.3. The summed E-state index contributed by atoms with van der Waals surface area (Å²) in [7, 11) is 1.54. The molecule has 3 aromatic rings. The topological polar surface area (TPSA) is 67.3 Å². The van der Waals surface area contributed by atoms with Gasteiger partial charge in [0.15, 0.2) is 11.6 Å². The second-order valence-corrected chi connectivity index (χ2v) is 6.48. The lowest BCUT2D eigenvalue weighted by Crippen LogP contribution is -2.25. The van der Waals surface area contributed by atoms with Crippen LogP contribution in [0.3, 0.4) is 0 Å². The number of carbonyl (C=O) groups excluding carboxylic acids is 1. The predicted molar refractivity (Wildman–Crippen MR) is 105 cm³/mol. The van der Waals surface area contributed by atoms with Gasteiger partial charge in [-0.2, -0.15) is 0 Å². The Morgan fingerprint density at radius 2 is 1.85 bits per heavy atom. The van der Waals surface area contributed by atoms with Crippen LogP contribution in [-0.2, 0) is 6.42 Å². The van der Waals surface area contributed by atoms with E-state index in [1.54, 1.807) is 24.3 Å². The molecule has 0 aliphatic carbocycles. The first-order chi connectivity index (χ1) is 13.2. The van der Waals surface area contributed by atoms with Gasteiger partial charge in [0.05, 0.1) is 12.7 Å². The molecule has 1 aromatic heterocycles. The van der Waals surface area contributed by atoms with Crippen molar-refractivity contribution in [3.8, 4) is 5.75 Å². The van der Waals surface area contributed by atoms with E-state index in [9.17, 15) is 4.79 Å². The minimum Gasteiger partial charge on any atom is -0.496 e. The van der Waals surface area contributed by atoms with E-state index in [0.29, 0.717) is 23.2 Å². The average Bonchev–Trinajstić information content (AvgIpc) is 3.04. The Bertz CT molecular complexity index is 972. The molecule has 0 saturated carbocycles. The summed E-state index contributed by atoms with van der Waals surface area (Å²) in [6, 6.07) is 19.3. The number of amides is 1. The van der Waals surface area contributed by atoms with Gasteiger partial charge in [0.25, 0.3) is 5.91 Å². The number of methoxy groups -OCH3 is 1. The number of nitrogens with zero attached hydrogens (tertiary/aromatic N) is 3. The highest BCUT2D eigenvalue weighted by Crippen LogP contribution is 2.36. The van der Waals surface area contributed by atoms with Gasteiger partial charge < -0.3 is 15.0 Å². The largest absolute Gasteiger partial charge is 0.496 e. The molecule has 0 fully saturated rings. The Labute approximate surface area is 157 Å². The number of fused-ring (bicyclic) bond motifs is 1. The lowest BCUT2D eigenvalue weighted by atomic mass is 10.1. The number of para-hydroxylation sites is 2. The molecule has 1 atom stereocenters. The van der Waals surface area contributed by atoms with Crippen LogP contribution < -0.4 is 15.0 Å². The third-order valence-electron chi connectivity index (χ3n) is 4.70. The molecule has 1 unspecified atom stereocenters. The first kappa shape index (κ1) is 17.0. The van der Waals surface area contributed by atoms with Gasteiger partial charge in [-0.1, -0.05) is 30.3 Å². The Hall–Kier alpha value is -3.41. The first-order valence-corrected chi connectivity index (χ1v) is 8.82. The standard InChI is InChI=1S/C21H20N4O2/c1-14-13-15-7-3-5-9-17(15)25(14)20-12-11-19(23-24-20)22-21(26)16-8-4-6-10-18(16)27-2/h3-12,14H,13H2,1-2H3,(H,22,23,26). The summed E-state index contributed by atoms with van der Waals surface area (Å²) in [6.45, 7) is 2.17. The van der Waals surface area contributed by atoms with Crippen LogP contribution in [0.25, 0.3) is 0 Å². The van der Waals surface area contributed by atoms with E-state index < -0.39 is 0 Å². The van der Waals surface area contributed by atoms with Crippen molar-refractivity contribution in [3.63, 3.8) is 0 Å². The van der Waals surface area contributed by atoms with Crippen LogP contribution in [0.1, 0.15) is 22.8 Å². The van der Waals surface area contributed by atoms with Crippen molar-refractivity contribution in [2.45, 2.75) is 19.4 Å². The van der Waals surface area contributed by atoms with Crippen LogP contribution in [0.15, 0.2) is 60.7 Å². The van der Waals surface area contributed by atoms with Crippen molar-refractivity contribution in [2.75, 3.05) is 17.3 Å². The number of hydrogen-bond donors (Lipinski definition) is 1. The van der Waals surface area contributed by atoms with Crippen LogP contribution in [0.2, 0.25) is 0 Å². The summed E-state index contributed by atoms with van der Waals surface area (Å²) < 4.78 is 5.23. The summed E-state index contributed by atoms with van der Waals surface area (Å²) in [5.41, 5.74) is 2.92. The normalized spacial score (nSPS) is 15.3. The monoisotopic (exact) mass is 360 g/mol. The molecule has 6 nitrogen and oxygen atoms in total. The molecule has 136 valence electrons. The molecular weight excluding hydrogens is 340 g/mol. The van der Waals surface area contributed by atoms with E-state index in [1.807, 2.05) is 18.2 Å². The number of hydrogen-bond acceptors (Lipinski definition) is 5. The quantitative estimate of drug-likeness (QED) is 0.766. The number of benzene rings is 2. The van der Waals surface area contributed by atoms with Gasteiger partial charge in [-0.05, 0) is 49.2 Å². The maximum absolute atomic E-state index is 12.5. The molecule has 1 amide bonds. The number of aromatic nitrogens is 2. The molecule has 1 aliphatic rings. The number of nitrogens with one attached hydrogen (secondary N) is 1. The third-order valence-corrected chi connectivity index (χ3v) is 4.70. The molecule has 0 bridgehead atoms. The zero-order valence-corrected chi connectivity index (χ0v) is 15.2. The van der Waals surface area contributed by atoms with Crippen molar-refractivity contribution in [1.82, 2.24) is 10.2 Å². The fraction of sp³-hybridized carbons (Fsp3) is 0.190. The Morgan fingerprint density at radius 3 is 2.63 bits per heavy atom. The molecule has 0 radical (unpaired) electrons. The Balaban J connectivity index is 1.54. The van der Waals surface area contributed by atoms with E-state index >= 15 is 0 Å². The van der Waals surface area contributed by atoms with Crippen molar-refractivity contribution >= 4 is 23.2 Å². The van der Waals surface area contributed by atoms with Crippen molar-refractivity contribution in [2.24, 2.45) is 0 Å². The van der Waals surface area contributed by atoms with Gasteiger partial charge in [-0.25, -0.2) is 0 Å². The SMILES string of the molecule is COc1ccccc1C(=O)Nc1ccc(N2c3ccccc3CC2C)nn1. The van der Waals surface area contributed by atoms with Crippen LogP contribution in [0.5, 0.6) is 5.75 Å². The maximum Gasteiger partial charge on any atom is 0.260 e. The summed E-state index contributed by atoms with van der Waals surface area (Å²) in [6.07, 6.45) is 0.976. The van der Waals surface area contributed by atoms with Gasteiger partial charge in [-0.15, -0.1) is 10.2 Å². The molecule has 0 spiro atoms. The fourth-order valence-electron chi connectivity index (χ4n) is 3.45. The summed E-state index contributed by atoms with van der Waals surface area (Å²) in [4.78, 5) is 14.7. The van der Waals surface area contributed by atoms with Crippen LogP contribution >= 0.6 is 0 Å². The maximum atomic E-state index is 12.5. The highest BCUT2D eigenvalue weighted by atomic mass is 16.5. The second kappa shape index (κ2) is 7.07. The summed E-state index contributed by atoms with van der Waals surface area (Å²) in [5.74, 6) is 1.40. The zero-order valence-electron chi connectivity index (χ0n) is 15.2. The van der Waals surface area contributed by atoms with Crippen molar-refractivity contribution < 1.29 is 9.53 Å². The van der Waals surface area contributed by atoms with Gasteiger partial charge >= 0.3 is 0 Å². The molecule has 27 heavy (non-hydrogen) atoms. The van der Waals surface area contributed by atoms with Crippen LogP contribution in [-0.4, -0.2) is 29.3 Å². The fourth-order valence-corrected chi connectivity index (χ4v) is 3.45.